The first-order chi connectivity index (χ1) is 8.45. The van der Waals surface area contributed by atoms with Crippen LogP contribution in [0.4, 0.5) is 0 Å². The molecule has 0 radical (unpaired) electrons. The van der Waals surface area contributed by atoms with Gasteiger partial charge in [-0.3, -0.25) is 4.90 Å². The molecule has 2 nitrogen and oxygen atoms in total. The van der Waals surface area contributed by atoms with Crippen LogP contribution in [0.2, 0.25) is 10.0 Å². The lowest BCUT2D eigenvalue weighted by Crippen LogP contribution is -2.38. The van der Waals surface area contributed by atoms with E-state index >= 15 is 0 Å². The second-order valence-electron chi connectivity index (χ2n) is 5.55. The Morgan fingerprint density at radius 2 is 1.67 bits per heavy atom. The number of aromatic hydroxyl groups is 1. The predicted octanol–water partition coefficient (Wildman–Crippen LogP) is 4.18. The van der Waals surface area contributed by atoms with Crippen LogP contribution < -0.4 is 0 Å². The second kappa shape index (κ2) is 5.68. The van der Waals surface area contributed by atoms with E-state index in [2.05, 4.69) is 18.7 Å². The van der Waals surface area contributed by atoms with Gasteiger partial charge in [-0.05, 0) is 36.0 Å². The summed E-state index contributed by atoms with van der Waals surface area (Å²) in [5, 5.41) is 10.2. The molecule has 2 atom stereocenters. The largest absolute Gasteiger partial charge is 0.505 e. The van der Waals surface area contributed by atoms with Gasteiger partial charge in [0.25, 0.3) is 0 Å². The van der Waals surface area contributed by atoms with E-state index in [0.717, 1.165) is 37.0 Å². The van der Waals surface area contributed by atoms with Gasteiger partial charge in [0.1, 0.15) is 0 Å². The standard InChI is InChI=1S/C14H19Cl2NO/c1-9-3-10(2)7-17(6-9)8-11-4-12(15)14(18)13(16)5-11/h4-5,9-10,18H,3,6-8H2,1-2H3/t9-,10-/m0/s1. The summed E-state index contributed by atoms with van der Waals surface area (Å²) in [7, 11) is 0. The summed E-state index contributed by atoms with van der Waals surface area (Å²) in [5.74, 6) is 1.44. The van der Waals surface area contributed by atoms with Crippen molar-refractivity contribution in [2.45, 2.75) is 26.8 Å². The summed E-state index contributed by atoms with van der Waals surface area (Å²) in [6.45, 7) is 7.65. The number of benzene rings is 1. The highest BCUT2D eigenvalue weighted by molar-refractivity contribution is 6.37. The Labute approximate surface area is 119 Å². The van der Waals surface area contributed by atoms with Crippen LogP contribution in [0.25, 0.3) is 0 Å². The Bertz CT molecular complexity index is 403. The van der Waals surface area contributed by atoms with Gasteiger partial charge in [0.2, 0.25) is 0 Å². The fraction of sp³-hybridized carbons (Fsp3) is 0.571. The highest BCUT2D eigenvalue weighted by Gasteiger charge is 2.22. The number of nitrogens with zero attached hydrogens (tertiary/aromatic N) is 1. The lowest BCUT2D eigenvalue weighted by atomic mass is 9.91. The number of rotatable bonds is 2. The SMILES string of the molecule is C[C@H]1C[C@H](C)CN(Cc2cc(Cl)c(O)c(Cl)c2)C1. The first-order valence-corrected chi connectivity index (χ1v) is 7.10. The molecular formula is C14H19Cl2NO. The third-order valence-electron chi connectivity index (χ3n) is 3.43. The molecule has 1 aromatic rings. The second-order valence-corrected chi connectivity index (χ2v) is 6.36. The normalized spacial score (nSPS) is 25.3. The van der Waals surface area contributed by atoms with Crippen LogP contribution in [0.5, 0.6) is 5.75 Å². The Balaban J connectivity index is 2.09. The van der Waals surface area contributed by atoms with Gasteiger partial charge in [0.15, 0.2) is 5.75 Å². The molecule has 0 aromatic heterocycles. The molecule has 0 unspecified atom stereocenters. The van der Waals surface area contributed by atoms with Crippen molar-refractivity contribution in [3.8, 4) is 5.75 Å². The van der Waals surface area contributed by atoms with Crippen LogP contribution in [-0.4, -0.2) is 23.1 Å². The number of phenols is 1. The van der Waals surface area contributed by atoms with E-state index in [-0.39, 0.29) is 5.75 Å². The summed E-state index contributed by atoms with van der Waals surface area (Å²) in [5.41, 5.74) is 1.06. The molecule has 0 saturated carbocycles. The first-order valence-electron chi connectivity index (χ1n) is 6.35. The van der Waals surface area contributed by atoms with E-state index in [1.165, 1.54) is 6.42 Å². The van der Waals surface area contributed by atoms with Gasteiger partial charge in [-0.25, -0.2) is 0 Å². The van der Waals surface area contributed by atoms with Crippen molar-refractivity contribution in [2.24, 2.45) is 11.8 Å². The lowest BCUT2D eigenvalue weighted by Gasteiger charge is -2.35. The molecule has 1 saturated heterocycles. The fourth-order valence-electron chi connectivity index (χ4n) is 2.89. The van der Waals surface area contributed by atoms with Gasteiger partial charge in [-0.1, -0.05) is 37.0 Å². The maximum atomic E-state index is 9.54. The molecule has 0 bridgehead atoms. The molecule has 4 heteroatoms. The van der Waals surface area contributed by atoms with Gasteiger partial charge in [0, 0.05) is 19.6 Å². The third-order valence-corrected chi connectivity index (χ3v) is 4.00. The van der Waals surface area contributed by atoms with Crippen LogP contribution in [0, 0.1) is 11.8 Å². The van der Waals surface area contributed by atoms with Gasteiger partial charge in [-0.2, -0.15) is 0 Å². The van der Waals surface area contributed by atoms with Crippen molar-refractivity contribution >= 4 is 23.2 Å². The summed E-state index contributed by atoms with van der Waals surface area (Å²) >= 11 is 11.9. The molecule has 0 spiro atoms. The molecule has 1 aliphatic heterocycles. The minimum atomic E-state index is -0.0255. The average molecular weight is 288 g/mol. The van der Waals surface area contributed by atoms with Gasteiger partial charge in [0.05, 0.1) is 10.0 Å². The summed E-state index contributed by atoms with van der Waals surface area (Å²) in [6, 6.07) is 3.60. The molecule has 100 valence electrons. The lowest BCUT2D eigenvalue weighted by molar-refractivity contribution is 0.134. The summed E-state index contributed by atoms with van der Waals surface area (Å²) in [4.78, 5) is 2.43. The molecule has 1 heterocycles. The van der Waals surface area contributed by atoms with Gasteiger partial charge < -0.3 is 5.11 Å². The number of likely N-dealkylation sites (tertiary alicyclic amines) is 1. The Kier molecular flexibility index (Phi) is 4.41. The monoisotopic (exact) mass is 287 g/mol. The molecule has 1 N–H and O–H groups in total. The quantitative estimate of drug-likeness (QED) is 0.882. The van der Waals surface area contributed by atoms with Crippen LogP contribution >= 0.6 is 23.2 Å². The Morgan fingerprint density at radius 3 is 2.17 bits per heavy atom. The molecule has 2 rings (SSSR count). The maximum absolute atomic E-state index is 9.54. The Hall–Kier alpha value is -0.440. The van der Waals surface area contributed by atoms with Crippen molar-refractivity contribution in [2.75, 3.05) is 13.1 Å². The summed E-state index contributed by atoms with van der Waals surface area (Å²) in [6.07, 6.45) is 1.30. The van der Waals surface area contributed by atoms with E-state index in [1.807, 2.05) is 0 Å². The molecule has 1 aromatic carbocycles. The number of phenolic OH excluding ortho intramolecular Hbond substituents is 1. The number of halogens is 2. The van der Waals surface area contributed by atoms with E-state index in [9.17, 15) is 5.11 Å². The molecular weight excluding hydrogens is 269 g/mol. The topological polar surface area (TPSA) is 23.5 Å². The smallest absolute Gasteiger partial charge is 0.152 e. The zero-order chi connectivity index (χ0) is 13.3. The first kappa shape index (κ1) is 14.0. The van der Waals surface area contributed by atoms with Gasteiger partial charge in [-0.15, -0.1) is 0 Å². The minimum Gasteiger partial charge on any atom is -0.505 e. The Morgan fingerprint density at radius 1 is 1.17 bits per heavy atom. The van der Waals surface area contributed by atoms with Crippen LogP contribution in [0.15, 0.2) is 12.1 Å². The number of hydrogen-bond donors (Lipinski definition) is 1. The van der Waals surface area contributed by atoms with Crippen LogP contribution in [-0.2, 0) is 6.54 Å². The van der Waals surface area contributed by atoms with Crippen molar-refractivity contribution in [3.63, 3.8) is 0 Å². The van der Waals surface area contributed by atoms with Crippen molar-refractivity contribution < 1.29 is 5.11 Å². The highest BCUT2D eigenvalue weighted by atomic mass is 35.5. The number of piperidine rings is 1. The fourth-order valence-corrected chi connectivity index (χ4v) is 3.42. The van der Waals surface area contributed by atoms with Crippen LogP contribution in [0.1, 0.15) is 25.8 Å². The zero-order valence-electron chi connectivity index (χ0n) is 10.8. The van der Waals surface area contributed by atoms with Crippen molar-refractivity contribution in [1.29, 1.82) is 0 Å². The third kappa shape index (κ3) is 3.31. The summed E-state index contributed by atoms with van der Waals surface area (Å²) < 4.78 is 0. The molecule has 1 aliphatic rings. The van der Waals surface area contributed by atoms with Crippen molar-refractivity contribution in [3.05, 3.63) is 27.7 Å². The minimum absolute atomic E-state index is 0.0255. The average Bonchev–Trinajstić information content (AvgIpc) is 2.24. The highest BCUT2D eigenvalue weighted by Crippen LogP contribution is 2.33. The molecule has 18 heavy (non-hydrogen) atoms. The molecule has 1 fully saturated rings. The zero-order valence-corrected chi connectivity index (χ0v) is 12.3. The van der Waals surface area contributed by atoms with E-state index in [0.29, 0.717) is 10.0 Å². The van der Waals surface area contributed by atoms with E-state index in [1.54, 1.807) is 12.1 Å². The predicted molar refractivity (Wildman–Crippen MR) is 76.3 cm³/mol. The molecule has 0 amide bonds. The molecule has 0 aliphatic carbocycles. The maximum Gasteiger partial charge on any atom is 0.152 e. The van der Waals surface area contributed by atoms with E-state index in [4.69, 9.17) is 23.2 Å². The van der Waals surface area contributed by atoms with E-state index < -0.39 is 0 Å². The number of hydrogen-bond acceptors (Lipinski definition) is 2. The van der Waals surface area contributed by atoms with Crippen molar-refractivity contribution in [1.82, 2.24) is 4.90 Å². The van der Waals surface area contributed by atoms with Gasteiger partial charge >= 0.3 is 0 Å². The van der Waals surface area contributed by atoms with Crippen LogP contribution in [0.3, 0.4) is 0 Å².